The first kappa shape index (κ1) is 20.1. The zero-order valence-electron chi connectivity index (χ0n) is 16.6. The highest BCUT2D eigenvalue weighted by Crippen LogP contribution is 2.33. The summed E-state index contributed by atoms with van der Waals surface area (Å²) in [5.74, 6) is 0.558. The quantitative estimate of drug-likeness (QED) is 0.645. The molecule has 0 aliphatic heterocycles. The number of benzene rings is 1. The molecule has 0 bridgehead atoms. The smallest absolute Gasteiger partial charge is 0.312 e. The lowest BCUT2D eigenvalue weighted by molar-refractivity contribution is 0.0967. The predicted molar refractivity (Wildman–Crippen MR) is 107 cm³/mol. The predicted octanol–water partition coefficient (Wildman–Crippen LogP) is 3.24. The van der Waals surface area contributed by atoms with Gasteiger partial charge in [-0.3, -0.25) is 4.79 Å². The summed E-state index contributed by atoms with van der Waals surface area (Å²) in [6.45, 7) is 1.97. The number of urea groups is 1. The molecule has 3 N–H and O–H groups in total. The van der Waals surface area contributed by atoms with Crippen molar-refractivity contribution in [3.05, 3.63) is 53.6 Å². The summed E-state index contributed by atoms with van der Waals surface area (Å²) in [7, 11) is 0. The van der Waals surface area contributed by atoms with Gasteiger partial charge in [0.1, 0.15) is 23.4 Å². The van der Waals surface area contributed by atoms with Crippen LogP contribution in [-0.2, 0) is 0 Å². The summed E-state index contributed by atoms with van der Waals surface area (Å²) in [6, 6.07) is 5.20. The number of ketones is 1. The van der Waals surface area contributed by atoms with Crippen molar-refractivity contribution < 1.29 is 18.7 Å². The number of amides is 2. The van der Waals surface area contributed by atoms with E-state index in [1.807, 2.05) is 6.92 Å². The van der Waals surface area contributed by atoms with Gasteiger partial charge in [-0.2, -0.15) is 15.0 Å². The first-order valence-corrected chi connectivity index (χ1v) is 10.1. The van der Waals surface area contributed by atoms with Crippen LogP contribution in [0.2, 0.25) is 0 Å². The molecule has 1 aromatic carbocycles. The van der Waals surface area contributed by atoms with Crippen LogP contribution in [0.1, 0.15) is 60.8 Å². The van der Waals surface area contributed by atoms with Gasteiger partial charge in [0.25, 0.3) is 0 Å². The van der Waals surface area contributed by atoms with Crippen LogP contribution < -0.4 is 15.8 Å². The first-order chi connectivity index (χ1) is 14.4. The van der Waals surface area contributed by atoms with Crippen molar-refractivity contribution in [2.24, 2.45) is 11.7 Å². The lowest BCUT2D eigenvalue weighted by atomic mass is 10.1. The van der Waals surface area contributed by atoms with Crippen molar-refractivity contribution in [3.8, 4) is 5.75 Å². The van der Waals surface area contributed by atoms with Crippen LogP contribution in [0, 0.1) is 5.92 Å². The number of primary amides is 1. The van der Waals surface area contributed by atoms with Gasteiger partial charge in [-0.25, -0.2) is 9.18 Å². The standard InChI is InChI=1S/C21H24FN5O3/c1-2-19(30-15-7-5-13(6-8-15)20(28)12-3-4-12)18-11-24-27(26-18)14-9-16(22)17(10-14)25-21(23)29/h5-9,11-12,14,17,19H,2-4,10H2,1H3,(H3,23,25,29). The normalized spacial score (nSPS) is 21.7. The van der Waals surface area contributed by atoms with Crippen LogP contribution in [0.15, 0.2) is 42.4 Å². The molecule has 3 unspecified atom stereocenters. The van der Waals surface area contributed by atoms with E-state index in [1.165, 1.54) is 10.9 Å². The highest BCUT2D eigenvalue weighted by atomic mass is 19.1. The number of Topliss-reactive ketones (excluding diaryl/α,β-unsaturated/α-hetero) is 1. The highest BCUT2D eigenvalue weighted by Gasteiger charge is 2.31. The SMILES string of the molecule is CCC(Oc1ccc(C(=O)C2CC2)cc1)c1cnn(C2C=C(F)C(NC(N)=O)C2)n1. The molecule has 30 heavy (non-hydrogen) atoms. The van der Waals surface area contributed by atoms with E-state index in [1.54, 1.807) is 30.5 Å². The number of nitrogens with one attached hydrogen (secondary N) is 1. The van der Waals surface area contributed by atoms with E-state index < -0.39 is 23.9 Å². The van der Waals surface area contributed by atoms with Crippen LogP contribution >= 0.6 is 0 Å². The lowest BCUT2D eigenvalue weighted by Crippen LogP contribution is -2.38. The van der Waals surface area contributed by atoms with E-state index in [-0.39, 0.29) is 24.2 Å². The summed E-state index contributed by atoms with van der Waals surface area (Å²) < 4.78 is 20.1. The van der Waals surface area contributed by atoms with Crippen molar-refractivity contribution in [3.63, 3.8) is 0 Å². The van der Waals surface area contributed by atoms with Crippen LogP contribution in [0.25, 0.3) is 0 Å². The molecule has 1 fully saturated rings. The molecule has 2 aromatic rings. The second-order valence-corrected chi connectivity index (χ2v) is 7.68. The Morgan fingerprint density at radius 2 is 2.07 bits per heavy atom. The van der Waals surface area contributed by atoms with E-state index in [0.717, 1.165) is 12.8 Å². The molecule has 3 atom stereocenters. The van der Waals surface area contributed by atoms with E-state index >= 15 is 0 Å². The van der Waals surface area contributed by atoms with Gasteiger partial charge >= 0.3 is 6.03 Å². The molecule has 1 aromatic heterocycles. The largest absolute Gasteiger partial charge is 0.484 e. The van der Waals surface area contributed by atoms with Crippen molar-refractivity contribution in [1.29, 1.82) is 0 Å². The number of carbonyl (C=O) groups is 2. The lowest BCUT2D eigenvalue weighted by Gasteiger charge is -2.16. The second-order valence-electron chi connectivity index (χ2n) is 7.68. The fourth-order valence-corrected chi connectivity index (χ4v) is 3.57. The van der Waals surface area contributed by atoms with Crippen LogP contribution in [-0.4, -0.2) is 32.9 Å². The minimum Gasteiger partial charge on any atom is -0.484 e. The van der Waals surface area contributed by atoms with E-state index in [9.17, 15) is 14.0 Å². The summed E-state index contributed by atoms with van der Waals surface area (Å²) in [5.41, 5.74) is 6.41. The Morgan fingerprint density at radius 3 is 2.70 bits per heavy atom. The van der Waals surface area contributed by atoms with E-state index in [2.05, 4.69) is 15.5 Å². The Morgan fingerprint density at radius 1 is 1.33 bits per heavy atom. The van der Waals surface area contributed by atoms with Gasteiger partial charge < -0.3 is 15.8 Å². The number of hydrogen-bond acceptors (Lipinski definition) is 5. The summed E-state index contributed by atoms with van der Waals surface area (Å²) >= 11 is 0. The molecule has 1 heterocycles. The second kappa shape index (κ2) is 8.25. The zero-order valence-corrected chi connectivity index (χ0v) is 16.6. The van der Waals surface area contributed by atoms with Gasteiger partial charge in [-0.1, -0.05) is 6.92 Å². The van der Waals surface area contributed by atoms with Gasteiger partial charge in [0.15, 0.2) is 5.78 Å². The molecule has 8 nitrogen and oxygen atoms in total. The van der Waals surface area contributed by atoms with Crippen LogP contribution in [0.4, 0.5) is 9.18 Å². The number of hydrogen-bond donors (Lipinski definition) is 2. The zero-order chi connectivity index (χ0) is 21.3. The van der Waals surface area contributed by atoms with Crippen molar-refractivity contribution in [2.45, 2.75) is 50.8 Å². The molecule has 1 saturated carbocycles. The number of aromatic nitrogens is 3. The Labute approximate surface area is 173 Å². The molecule has 158 valence electrons. The molecular formula is C21H24FN5O3. The molecule has 2 amide bonds. The number of nitrogens with two attached hydrogens (primary N) is 1. The molecular weight excluding hydrogens is 389 g/mol. The maximum absolute atomic E-state index is 14.0. The number of carbonyl (C=O) groups excluding carboxylic acids is 2. The van der Waals surface area contributed by atoms with Gasteiger partial charge in [-0.05, 0) is 49.6 Å². The van der Waals surface area contributed by atoms with Gasteiger partial charge in [-0.15, -0.1) is 0 Å². The maximum atomic E-state index is 14.0. The fraction of sp³-hybridized carbons (Fsp3) is 0.429. The van der Waals surface area contributed by atoms with Crippen LogP contribution in [0.5, 0.6) is 5.75 Å². The summed E-state index contributed by atoms with van der Waals surface area (Å²) in [4.78, 5) is 24.5. The maximum Gasteiger partial charge on any atom is 0.312 e. The monoisotopic (exact) mass is 413 g/mol. The van der Waals surface area contributed by atoms with Crippen LogP contribution in [0.3, 0.4) is 0 Å². The minimum absolute atomic E-state index is 0.183. The number of halogens is 1. The molecule has 9 heteroatoms. The average Bonchev–Trinajstić information content (AvgIpc) is 3.36. The Bertz CT molecular complexity index is 967. The minimum atomic E-state index is -0.775. The first-order valence-electron chi connectivity index (χ1n) is 10.1. The Hall–Kier alpha value is -3.23. The van der Waals surface area contributed by atoms with Crippen molar-refractivity contribution in [1.82, 2.24) is 20.3 Å². The summed E-state index contributed by atoms with van der Waals surface area (Å²) in [6.07, 6.45) is 5.54. The molecule has 0 saturated heterocycles. The average molecular weight is 413 g/mol. The van der Waals surface area contributed by atoms with E-state index in [0.29, 0.717) is 23.4 Å². The third-order valence-corrected chi connectivity index (χ3v) is 5.37. The van der Waals surface area contributed by atoms with Crippen molar-refractivity contribution in [2.75, 3.05) is 0 Å². The highest BCUT2D eigenvalue weighted by molar-refractivity contribution is 5.99. The van der Waals surface area contributed by atoms with Gasteiger partial charge in [0.05, 0.1) is 18.3 Å². The Balaban J connectivity index is 1.41. The molecule has 2 aliphatic rings. The van der Waals surface area contributed by atoms with Gasteiger partial charge in [0, 0.05) is 17.9 Å². The van der Waals surface area contributed by atoms with Crippen molar-refractivity contribution >= 4 is 11.8 Å². The molecule has 0 radical (unpaired) electrons. The number of rotatable bonds is 8. The molecule has 4 rings (SSSR count). The number of allylic oxidation sites excluding steroid dienone is 1. The fourth-order valence-electron chi connectivity index (χ4n) is 3.57. The molecule has 0 spiro atoms. The summed E-state index contributed by atoms with van der Waals surface area (Å²) in [5, 5.41) is 11.1. The topological polar surface area (TPSA) is 112 Å². The number of ether oxygens (including phenoxy) is 1. The third-order valence-electron chi connectivity index (χ3n) is 5.37. The third kappa shape index (κ3) is 4.34. The molecule has 2 aliphatic carbocycles. The number of nitrogens with zero attached hydrogens (tertiary/aromatic N) is 3. The Kier molecular flexibility index (Phi) is 5.52. The van der Waals surface area contributed by atoms with E-state index in [4.69, 9.17) is 10.5 Å². The van der Waals surface area contributed by atoms with Gasteiger partial charge in [0.2, 0.25) is 0 Å².